The van der Waals surface area contributed by atoms with E-state index in [-0.39, 0.29) is 0 Å². The first kappa shape index (κ1) is 17.9. The first-order chi connectivity index (χ1) is 9.99. The van der Waals surface area contributed by atoms with Crippen molar-refractivity contribution < 1.29 is 0 Å². The van der Waals surface area contributed by atoms with Gasteiger partial charge in [0, 0.05) is 24.5 Å². The summed E-state index contributed by atoms with van der Waals surface area (Å²) in [5.74, 6) is 1.56. The molecular weight excluding hydrogens is 278 g/mol. The number of anilines is 1. The van der Waals surface area contributed by atoms with Crippen molar-refractivity contribution in [3.8, 4) is 6.07 Å². The Kier molecular flexibility index (Phi) is 7.63. The van der Waals surface area contributed by atoms with E-state index in [1.54, 1.807) is 11.8 Å². The fourth-order valence-corrected chi connectivity index (χ4v) is 3.02. The zero-order valence-electron chi connectivity index (χ0n) is 13.9. The molecule has 0 saturated carbocycles. The maximum Gasteiger partial charge on any atom is 0.103 e. The van der Waals surface area contributed by atoms with E-state index < -0.39 is 0 Å². The molecule has 0 unspecified atom stereocenters. The summed E-state index contributed by atoms with van der Waals surface area (Å²) in [5.41, 5.74) is 1.90. The fourth-order valence-electron chi connectivity index (χ4n) is 2.24. The Morgan fingerprint density at radius 2 is 1.95 bits per heavy atom. The summed E-state index contributed by atoms with van der Waals surface area (Å²) < 4.78 is 0. The van der Waals surface area contributed by atoms with Gasteiger partial charge in [0.05, 0.1) is 11.3 Å². The second-order valence-corrected chi connectivity index (χ2v) is 7.14. The van der Waals surface area contributed by atoms with Gasteiger partial charge in [0.25, 0.3) is 0 Å². The molecule has 3 nitrogen and oxygen atoms in total. The number of likely N-dealkylation sites (N-methyl/N-ethyl adjacent to an activating group) is 1. The van der Waals surface area contributed by atoms with Gasteiger partial charge in [-0.3, -0.25) is 0 Å². The molecule has 0 saturated heterocycles. The van der Waals surface area contributed by atoms with Gasteiger partial charge in [0.1, 0.15) is 6.07 Å². The van der Waals surface area contributed by atoms with Crippen molar-refractivity contribution in [3.63, 3.8) is 0 Å². The van der Waals surface area contributed by atoms with Gasteiger partial charge in [-0.2, -0.15) is 5.26 Å². The SMILES string of the molecule is CCSc1cccc(N(CCN(C)C)CC(C)C)c1C#N. The standard InChI is InChI=1S/C17H27N3S/c1-6-21-17-9-7-8-16(15(17)12-18)20(13-14(2)3)11-10-19(4)5/h7-9,14H,6,10-11,13H2,1-5H3. The van der Waals surface area contributed by atoms with E-state index in [0.29, 0.717) is 5.92 Å². The molecular formula is C17H27N3S. The molecule has 0 aliphatic rings. The Bertz CT molecular complexity index is 477. The third kappa shape index (κ3) is 5.61. The molecule has 1 rings (SSSR count). The Hall–Kier alpha value is -1.18. The molecule has 0 heterocycles. The molecule has 1 aromatic carbocycles. The van der Waals surface area contributed by atoms with Crippen LogP contribution in [0.15, 0.2) is 23.1 Å². The molecule has 0 aromatic heterocycles. The zero-order chi connectivity index (χ0) is 15.8. The summed E-state index contributed by atoms with van der Waals surface area (Å²) in [6.07, 6.45) is 0. The van der Waals surface area contributed by atoms with Crippen molar-refractivity contribution in [2.45, 2.75) is 25.7 Å². The molecule has 0 N–H and O–H groups in total. The molecule has 0 amide bonds. The van der Waals surface area contributed by atoms with Crippen LogP contribution in [-0.2, 0) is 0 Å². The molecule has 0 fully saturated rings. The predicted octanol–water partition coefficient (Wildman–Crippen LogP) is 3.69. The summed E-state index contributed by atoms with van der Waals surface area (Å²) in [6, 6.07) is 8.61. The first-order valence-electron chi connectivity index (χ1n) is 7.55. The lowest BCUT2D eigenvalue weighted by atomic mass is 10.1. The maximum absolute atomic E-state index is 9.59. The van der Waals surface area contributed by atoms with E-state index in [9.17, 15) is 5.26 Å². The van der Waals surface area contributed by atoms with Crippen LogP contribution in [0.3, 0.4) is 0 Å². The molecule has 116 valence electrons. The minimum absolute atomic E-state index is 0.571. The minimum Gasteiger partial charge on any atom is -0.369 e. The summed E-state index contributed by atoms with van der Waals surface area (Å²) >= 11 is 1.74. The molecule has 0 bridgehead atoms. The summed E-state index contributed by atoms with van der Waals surface area (Å²) in [7, 11) is 4.17. The average Bonchev–Trinajstić information content (AvgIpc) is 2.43. The van der Waals surface area contributed by atoms with Gasteiger partial charge in [-0.05, 0) is 37.9 Å². The van der Waals surface area contributed by atoms with Crippen molar-refractivity contribution in [2.24, 2.45) is 5.92 Å². The minimum atomic E-state index is 0.571. The van der Waals surface area contributed by atoms with Crippen LogP contribution in [0.4, 0.5) is 5.69 Å². The number of nitriles is 1. The van der Waals surface area contributed by atoms with Crippen LogP contribution >= 0.6 is 11.8 Å². The van der Waals surface area contributed by atoms with E-state index in [1.807, 2.05) is 0 Å². The molecule has 0 aliphatic carbocycles. The summed E-state index contributed by atoms with van der Waals surface area (Å²) in [4.78, 5) is 5.63. The van der Waals surface area contributed by atoms with Crippen LogP contribution in [0.5, 0.6) is 0 Å². The van der Waals surface area contributed by atoms with Crippen LogP contribution in [0.2, 0.25) is 0 Å². The molecule has 0 atom stereocenters. The number of rotatable bonds is 8. The number of benzene rings is 1. The zero-order valence-corrected chi connectivity index (χ0v) is 14.7. The Balaban J connectivity index is 3.10. The van der Waals surface area contributed by atoms with Crippen molar-refractivity contribution >= 4 is 17.4 Å². The Morgan fingerprint density at radius 3 is 2.48 bits per heavy atom. The summed E-state index contributed by atoms with van der Waals surface area (Å²) in [5, 5.41) is 9.59. The third-order valence-corrected chi connectivity index (χ3v) is 4.10. The van der Waals surface area contributed by atoms with E-state index in [0.717, 1.165) is 41.5 Å². The van der Waals surface area contributed by atoms with Gasteiger partial charge in [0.15, 0.2) is 0 Å². The monoisotopic (exact) mass is 305 g/mol. The van der Waals surface area contributed by atoms with Gasteiger partial charge in [-0.25, -0.2) is 0 Å². The van der Waals surface area contributed by atoms with Crippen molar-refractivity contribution in [1.29, 1.82) is 5.26 Å². The van der Waals surface area contributed by atoms with E-state index >= 15 is 0 Å². The highest BCUT2D eigenvalue weighted by Crippen LogP contribution is 2.30. The van der Waals surface area contributed by atoms with Crippen molar-refractivity contribution in [1.82, 2.24) is 4.90 Å². The smallest absolute Gasteiger partial charge is 0.103 e. The number of hydrogen-bond donors (Lipinski definition) is 0. The van der Waals surface area contributed by atoms with E-state index in [1.165, 1.54) is 0 Å². The van der Waals surface area contributed by atoms with E-state index in [4.69, 9.17) is 0 Å². The number of hydrogen-bond acceptors (Lipinski definition) is 4. The maximum atomic E-state index is 9.59. The largest absolute Gasteiger partial charge is 0.369 e. The highest BCUT2D eigenvalue weighted by Gasteiger charge is 2.15. The number of nitrogens with zero attached hydrogens (tertiary/aromatic N) is 3. The first-order valence-corrected chi connectivity index (χ1v) is 8.53. The third-order valence-electron chi connectivity index (χ3n) is 3.16. The average molecular weight is 305 g/mol. The van der Waals surface area contributed by atoms with Gasteiger partial charge in [0.2, 0.25) is 0 Å². The quantitative estimate of drug-likeness (QED) is 0.685. The Labute approximate surface area is 133 Å². The van der Waals surface area contributed by atoms with Crippen LogP contribution < -0.4 is 4.90 Å². The predicted molar refractivity (Wildman–Crippen MR) is 93.2 cm³/mol. The second kappa shape index (κ2) is 8.96. The summed E-state index contributed by atoms with van der Waals surface area (Å²) in [6.45, 7) is 9.47. The van der Waals surface area contributed by atoms with Crippen molar-refractivity contribution in [3.05, 3.63) is 23.8 Å². The number of thioether (sulfide) groups is 1. The fraction of sp³-hybridized carbons (Fsp3) is 0.588. The lowest BCUT2D eigenvalue weighted by Crippen LogP contribution is -2.35. The van der Waals surface area contributed by atoms with Gasteiger partial charge in [-0.15, -0.1) is 11.8 Å². The molecule has 4 heteroatoms. The lowest BCUT2D eigenvalue weighted by molar-refractivity contribution is 0.409. The molecule has 1 aromatic rings. The van der Waals surface area contributed by atoms with Gasteiger partial charge < -0.3 is 9.80 Å². The topological polar surface area (TPSA) is 30.3 Å². The molecule has 0 aliphatic heterocycles. The van der Waals surface area contributed by atoms with Crippen molar-refractivity contribution in [2.75, 3.05) is 44.4 Å². The second-order valence-electron chi connectivity index (χ2n) is 5.84. The molecule has 0 radical (unpaired) electrons. The molecule has 0 spiro atoms. The van der Waals surface area contributed by atoms with Gasteiger partial charge in [-0.1, -0.05) is 26.8 Å². The highest BCUT2D eigenvalue weighted by molar-refractivity contribution is 7.99. The molecule has 21 heavy (non-hydrogen) atoms. The lowest BCUT2D eigenvalue weighted by Gasteiger charge is -2.29. The Morgan fingerprint density at radius 1 is 1.24 bits per heavy atom. The highest BCUT2D eigenvalue weighted by atomic mass is 32.2. The van der Waals surface area contributed by atoms with Crippen LogP contribution in [0.1, 0.15) is 26.3 Å². The van der Waals surface area contributed by atoms with Crippen LogP contribution in [0, 0.1) is 17.2 Å². The van der Waals surface area contributed by atoms with Crippen LogP contribution in [-0.4, -0.2) is 44.4 Å². The van der Waals surface area contributed by atoms with Crippen LogP contribution in [0.25, 0.3) is 0 Å². The normalized spacial score (nSPS) is 11.0. The van der Waals surface area contributed by atoms with Gasteiger partial charge >= 0.3 is 0 Å². The van der Waals surface area contributed by atoms with E-state index in [2.05, 4.69) is 68.9 Å².